The van der Waals surface area contributed by atoms with Crippen molar-refractivity contribution in [3.05, 3.63) is 35.7 Å². The second-order valence-corrected chi connectivity index (χ2v) is 6.37. The molecule has 1 unspecified atom stereocenters. The molecule has 2 aromatic heterocycles. The number of nitrogens with zero attached hydrogens (tertiary/aromatic N) is 3. The lowest BCUT2D eigenvalue weighted by Crippen LogP contribution is -2.32. The largest absolute Gasteiger partial charge is 0.370 e. The van der Waals surface area contributed by atoms with Crippen LogP contribution in [0.3, 0.4) is 0 Å². The summed E-state index contributed by atoms with van der Waals surface area (Å²) >= 11 is 0. The van der Waals surface area contributed by atoms with E-state index >= 15 is 0 Å². The van der Waals surface area contributed by atoms with Crippen LogP contribution in [-0.4, -0.2) is 47.1 Å². The lowest BCUT2D eigenvalue weighted by atomic mass is 10.1. The van der Waals surface area contributed by atoms with Crippen LogP contribution >= 0.6 is 0 Å². The highest BCUT2D eigenvalue weighted by atomic mass is 16.5. The number of rotatable bonds is 6. The van der Waals surface area contributed by atoms with Crippen molar-refractivity contribution in [1.82, 2.24) is 15.0 Å². The highest BCUT2D eigenvalue weighted by Gasteiger charge is 2.24. The van der Waals surface area contributed by atoms with Gasteiger partial charge in [0.15, 0.2) is 0 Å². The van der Waals surface area contributed by atoms with E-state index in [4.69, 9.17) is 4.52 Å². The Hall–Kier alpha value is -2.41. The fourth-order valence-corrected chi connectivity index (χ4v) is 2.85. The van der Waals surface area contributed by atoms with Crippen molar-refractivity contribution in [2.24, 2.45) is 5.92 Å². The Kier molecular flexibility index (Phi) is 5.10. The molecule has 0 radical (unpaired) electrons. The molecule has 128 valence electrons. The maximum absolute atomic E-state index is 12.0. The van der Waals surface area contributed by atoms with E-state index in [1.807, 2.05) is 32.2 Å². The van der Waals surface area contributed by atoms with Gasteiger partial charge in [0, 0.05) is 25.4 Å². The molecule has 0 bridgehead atoms. The molecule has 1 fully saturated rings. The fourth-order valence-electron chi connectivity index (χ4n) is 2.85. The molecular weight excluding hydrogens is 306 g/mol. The first kappa shape index (κ1) is 16.4. The number of carbonyl (C=O) groups excluding carboxylic acids is 1. The Balaban J connectivity index is 1.40. The van der Waals surface area contributed by atoms with Crippen LogP contribution in [0.1, 0.15) is 17.7 Å². The Bertz CT molecular complexity index is 683. The molecule has 1 aliphatic heterocycles. The zero-order valence-electron chi connectivity index (χ0n) is 14.1. The van der Waals surface area contributed by atoms with Gasteiger partial charge < -0.3 is 9.84 Å². The third-order valence-corrected chi connectivity index (χ3v) is 4.11. The second-order valence-electron chi connectivity index (χ2n) is 6.37. The van der Waals surface area contributed by atoms with E-state index in [2.05, 4.69) is 25.7 Å². The molecule has 2 N–H and O–H groups in total. The van der Waals surface area contributed by atoms with Crippen molar-refractivity contribution < 1.29 is 9.32 Å². The zero-order valence-corrected chi connectivity index (χ0v) is 14.1. The highest BCUT2D eigenvalue weighted by Crippen LogP contribution is 2.17. The smallest absolute Gasteiger partial charge is 0.240 e. The Morgan fingerprint density at radius 1 is 1.42 bits per heavy atom. The van der Waals surface area contributed by atoms with Gasteiger partial charge in [-0.15, -0.1) is 0 Å². The number of carbonyl (C=O) groups is 1. The Morgan fingerprint density at radius 2 is 2.29 bits per heavy atom. The quantitative estimate of drug-likeness (QED) is 0.844. The molecule has 1 atom stereocenters. The summed E-state index contributed by atoms with van der Waals surface area (Å²) < 4.78 is 5.00. The molecule has 7 nitrogen and oxygen atoms in total. The fraction of sp³-hybridized carbons (Fsp3) is 0.471. The van der Waals surface area contributed by atoms with Crippen molar-refractivity contribution >= 4 is 17.6 Å². The summed E-state index contributed by atoms with van der Waals surface area (Å²) in [6.45, 7) is 6.92. The summed E-state index contributed by atoms with van der Waals surface area (Å²) in [5, 5.41) is 9.86. The molecule has 3 rings (SSSR count). The van der Waals surface area contributed by atoms with Gasteiger partial charge in [-0.25, -0.2) is 4.98 Å². The normalized spacial score (nSPS) is 17.8. The molecule has 1 saturated heterocycles. The van der Waals surface area contributed by atoms with Gasteiger partial charge in [0.05, 0.1) is 12.2 Å². The maximum Gasteiger partial charge on any atom is 0.240 e. The highest BCUT2D eigenvalue weighted by molar-refractivity contribution is 5.90. The van der Waals surface area contributed by atoms with Crippen molar-refractivity contribution in [1.29, 1.82) is 0 Å². The molecule has 0 aliphatic carbocycles. The van der Waals surface area contributed by atoms with Gasteiger partial charge in [-0.05, 0) is 44.4 Å². The first-order chi connectivity index (χ1) is 11.6. The Morgan fingerprint density at radius 3 is 3.00 bits per heavy atom. The van der Waals surface area contributed by atoms with Gasteiger partial charge in [-0.3, -0.25) is 15.0 Å². The minimum absolute atomic E-state index is 0.0695. The van der Waals surface area contributed by atoms with Crippen molar-refractivity contribution in [3.63, 3.8) is 0 Å². The topological polar surface area (TPSA) is 83.3 Å². The van der Waals surface area contributed by atoms with Gasteiger partial charge in [-0.1, -0.05) is 11.2 Å². The third-order valence-electron chi connectivity index (χ3n) is 4.11. The monoisotopic (exact) mass is 329 g/mol. The molecule has 0 aromatic carbocycles. The van der Waals surface area contributed by atoms with Crippen LogP contribution in [-0.2, 0) is 4.79 Å². The summed E-state index contributed by atoms with van der Waals surface area (Å²) in [5.41, 5.74) is 1.91. The number of aryl methyl sites for hydroxylation is 2. The van der Waals surface area contributed by atoms with Crippen molar-refractivity contribution in [2.75, 3.05) is 36.8 Å². The van der Waals surface area contributed by atoms with Gasteiger partial charge in [0.1, 0.15) is 5.82 Å². The Labute approximate surface area is 141 Å². The van der Waals surface area contributed by atoms with Gasteiger partial charge in [0.2, 0.25) is 11.8 Å². The lowest BCUT2D eigenvalue weighted by Gasteiger charge is -2.15. The molecular formula is C17H23N5O2. The lowest BCUT2D eigenvalue weighted by molar-refractivity contribution is -0.117. The number of nitrogens with one attached hydrogen (secondary N) is 2. The standard InChI is InChI=1S/C17H23N5O2/c1-12-3-4-15(18-8-12)19-9-14-5-6-22(10-14)11-16(23)20-17-7-13(2)21-24-17/h3-4,7-8,14H,5-6,9-11H2,1-2H3,(H,18,19)(H,20,23). The number of aromatic nitrogens is 2. The first-order valence-corrected chi connectivity index (χ1v) is 8.20. The van der Waals surface area contributed by atoms with Crippen LogP contribution < -0.4 is 10.6 Å². The number of hydrogen-bond donors (Lipinski definition) is 2. The van der Waals surface area contributed by atoms with E-state index in [9.17, 15) is 4.79 Å². The van der Waals surface area contributed by atoms with Crippen LogP contribution in [0.5, 0.6) is 0 Å². The second kappa shape index (κ2) is 7.44. The van der Waals surface area contributed by atoms with Crippen molar-refractivity contribution in [3.8, 4) is 0 Å². The van der Waals surface area contributed by atoms with E-state index in [1.165, 1.54) is 0 Å². The van der Waals surface area contributed by atoms with Crippen LogP contribution in [0.15, 0.2) is 28.9 Å². The van der Waals surface area contributed by atoms with E-state index in [0.29, 0.717) is 18.3 Å². The molecule has 1 aliphatic rings. The molecule has 2 aromatic rings. The van der Waals surface area contributed by atoms with Gasteiger partial charge in [-0.2, -0.15) is 0 Å². The molecule has 7 heteroatoms. The average molecular weight is 329 g/mol. The predicted molar refractivity (Wildman–Crippen MR) is 91.9 cm³/mol. The molecule has 0 spiro atoms. The molecule has 3 heterocycles. The van der Waals surface area contributed by atoms with Crippen LogP contribution in [0.2, 0.25) is 0 Å². The number of anilines is 2. The van der Waals surface area contributed by atoms with Gasteiger partial charge in [0.25, 0.3) is 0 Å². The maximum atomic E-state index is 12.0. The minimum atomic E-state index is -0.0695. The summed E-state index contributed by atoms with van der Waals surface area (Å²) in [7, 11) is 0. The summed E-state index contributed by atoms with van der Waals surface area (Å²) in [6, 6.07) is 5.75. The number of amides is 1. The SMILES string of the molecule is Cc1ccc(NCC2CCN(CC(=O)Nc3cc(C)no3)C2)nc1. The third kappa shape index (κ3) is 4.55. The summed E-state index contributed by atoms with van der Waals surface area (Å²) in [4.78, 5) is 18.5. The zero-order chi connectivity index (χ0) is 16.9. The molecule has 1 amide bonds. The average Bonchev–Trinajstić information content (AvgIpc) is 3.16. The van der Waals surface area contributed by atoms with Crippen molar-refractivity contribution in [2.45, 2.75) is 20.3 Å². The van der Waals surface area contributed by atoms with E-state index < -0.39 is 0 Å². The number of likely N-dealkylation sites (tertiary alicyclic amines) is 1. The van der Waals surface area contributed by atoms with E-state index in [-0.39, 0.29) is 5.91 Å². The van der Waals surface area contributed by atoms with Crippen LogP contribution in [0.25, 0.3) is 0 Å². The number of pyridine rings is 1. The van der Waals surface area contributed by atoms with Gasteiger partial charge >= 0.3 is 0 Å². The summed E-state index contributed by atoms with van der Waals surface area (Å²) in [5.74, 6) is 1.76. The summed E-state index contributed by atoms with van der Waals surface area (Å²) in [6.07, 6.45) is 2.94. The van der Waals surface area contributed by atoms with E-state index in [0.717, 1.165) is 43.1 Å². The molecule has 24 heavy (non-hydrogen) atoms. The van der Waals surface area contributed by atoms with E-state index in [1.54, 1.807) is 6.07 Å². The van der Waals surface area contributed by atoms with Crippen LogP contribution in [0, 0.1) is 19.8 Å². The number of hydrogen-bond acceptors (Lipinski definition) is 6. The predicted octanol–water partition coefficient (Wildman–Crippen LogP) is 2.06. The molecule has 0 saturated carbocycles. The minimum Gasteiger partial charge on any atom is -0.370 e. The first-order valence-electron chi connectivity index (χ1n) is 8.20. The van der Waals surface area contributed by atoms with Crippen LogP contribution in [0.4, 0.5) is 11.7 Å².